The number of hydrogen-bond donors (Lipinski definition) is 0. The van der Waals surface area contributed by atoms with Crippen molar-refractivity contribution >= 4 is 27.2 Å². The van der Waals surface area contributed by atoms with Crippen molar-refractivity contribution in [3.8, 4) is 0 Å². The van der Waals surface area contributed by atoms with Gasteiger partial charge in [0.05, 0.1) is 4.90 Å². The molecule has 104 valence electrons. The second-order valence-corrected chi connectivity index (χ2v) is 6.91. The Balaban J connectivity index is 2.20. The second-order valence-electron chi connectivity index (χ2n) is 4.49. The van der Waals surface area contributed by atoms with Gasteiger partial charge in [-0.2, -0.15) is 0 Å². The molecular formula is C15H13ClO3S. The van der Waals surface area contributed by atoms with E-state index in [1.165, 1.54) is 24.3 Å². The topological polar surface area (TPSA) is 51.2 Å². The highest BCUT2D eigenvalue weighted by molar-refractivity contribution is 7.90. The van der Waals surface area contributed by atoms with Gasteiger partial charge in [0.15, 0.2) is 15.6 Å². The molecule has 0 aliphatic rings. The van der Waals surface area contributed by atoms with Crippen molar-refractivity contribution in [1.82, 2.24) is 0 Å². The van der Waals surface area contributed by atoms with Gasteiger partial charge < -0.3 is 0 Å². The Kier molecular flexibility index (Phi) is 4.26. The molecule has 0 aliphatic carbocycles. The van der Waals surface area contributed by atoms with Gasteiger partial charge in [-0.15, -0.1) is 0 Å². The van der Waals surface area contributed by atoms with Crippen LogP contribution in [-0.2, 0) is 16.3 Å². The molecule has 0 atom stereocenters. The zero-order chi connectivity index (χ0) is 14.8. The third-order valence-electron chi connectivity index (χ3n) is 2.91. The Labute approximate surface area is 123 Å². The van der Waals surface area contributed by atoms with Crippen LogP contribution in [0.3, 0.4) is 0 Å². The summed E-state index contributed by atoms with van der Waals surface area (Å²) < 4.78 is 22.7. The zero-order valence-electron chi connectivity index (χ0n) is 10.8. The first-order valence-corrected chi connectivity index (χ1v) is 8.21. The molecule has 0 unspecified atom stereocenters. The lowest BCUT2D eigenvalue weighted by atomic mass is 10.0. The fourth-order valence-corrected chi connectivity index (χ4v) is 2.64. The average molecular weight is 309 g/mol. The highest BCUT2D eigenvalue weighted by Gasteiger charge is 2.11. The van der Waals surface area contributed by atoms with E-state index in [0.29, 0.717) is 10.6 Å². The highest BCUT2D eigenvalue weighted by atomic mass is 35.5. The van der Waals surface area contributed by atoms with E-state index in [1.807, 2.05) is 6.07 Å². The van der Waals surface area contributed by atoms with Gasteiger partial charge in [-0.1, -0.05) is 41.9 Å². The van der Waals surface area contributed by atoms with Gasteiger partial charge in [-0.3, -0.25) is 4.79 Å². The molecule has 0 spiro atoms. The second kappa shape index (κ2) is 5.77. The maximum atomic E-state index is 12.1. The van der Waals surface area contributed by atoms with E-state index >= 15 is 0 Å². The molecular weight excluding hydrogens is 296 g/mol. The number of halogens is 1. The molecule has 0 radical (unpaired) electrons. The third kappa shape index (κ3) is 3.46. The predicted octanol–water partition coefficient (Wildman–Crippen LogP) is 3.17. The van der Waals surface area contributed by atoms with Crippen LogP contribution in [0.15, 0.2) is 53.4 Å². The molecule has 0 saturated carbocycles. The first-order chi connectivity index (χ1) is 9.38. The number of carbonyl (C=O) groups is 1. The Morgan fingerprint density at radius 1 is 1.05 bits per heavy atom. The molecule has 2 rings (SSSR count). The fourth-order valence-electron chi connectivity index (χ4n) is 1.80. The molecule has 3 nitrogen and oxygen atoms in total. The van der Waals surface area contributed by atoms with E-state index in [2.05, 4.69) is 0 Å². The third-order valence-corrected chi connectivity index (χ3v) is 4.41. The average Bonchev–Trinajstić information content (AvgIpc) is 2.40. The van der Waals surface area contributed by atoms with Crippen molar-refractivity contribution in [2.24, 2.45) is 0 Å². The maximum Gasteiger partial charge on any atom is 0.175 e. The molecule has 0 amide bonds. The smallest absolute Gasteiger partial charge is 0.175 e. The molecule has 5 heteroatoms. The summed E-state index contributed by atoms with van der Waals surface area (Å²) in [5.41, 5.74) is 1.23. The van der Waals surface area contributed by atoms with Gasteiger partial charge in [0, 0.05) is 23.3 Å². The summed E-state index contributed by atoms with van der Waals surface area (Å²) in [5.74, 6) is -0.0989. The molecule has 2 aromatic rings. The van der Waals surface area contributed by atoms with Crippen LogP contribution in [0.4, 0.5) is 0 Å². The Morgan fingerprint density at radius 2 is 1.65 bits per heavy atom. The molecule has 0 heterocycles. The molecule has 0 saturated heterocycles. The monoisotopic (exact) mass is 308 g/mol. The van der Waals surface area contributed by atoms with Crippen LogP contribution in [0.25, 0.3) is 0 Å². The Bertz CT molecular complexity index is 734. The molecule has 0 N–H and O–H groups in total. The van der Waals surface area contributed by atoms with Crippen molar-refractivity contribution in [3.63, 3.8) is 0 Å². The van der Waals surface area contributed by atoms with Crippen LogP contribution in [0.5, 0.6) is 0 Å². The summed E-state index contributed by atoms with van der Waals surface area (Å²) in [6.45, 7) is 0. The van der Waals surface area contributed by atoms with Crippen molar-refractivity contribution < 1.29 is 13.2 Å². The highest BCUT2D eigenvalue weighted by Crippen LogP contribution is 2.18. The summed E-state index contributed by atoms with van der Waals surface area (Å²) in [7, 11) is -3.24. The number of Topliss-reactive ketones (excluding diaryl/α,β-unsaturated/α-hetero) is 1. The van der Waals surface area contributed by atoms with Gasteiger partial charge in [0.2, 0.25) is 0 Å². The summed E-state index contributed by atoms with van der Waals surface area (Å²) in [4.78, 5) is 12.3. The van der Waals surface area contributed by atoms with E-state index in [1.54, 1.807) is 18.2 Å². The largest absolute Gasteiger partial charge is 0.294 e. The zero-order valence-corrected chi connectivity index (χ0v) is 12.4. The van der Waals surface area contributed by atoms with Gasteiger partial charge in [-0.25, -0.2) is 8.42 Å². The quantitative estimate of drug-likeness (QED) is 0.815. The van der Waals surface area contributed by atoms with Gasteiger partial charge >= 0.3 is 0 Å². The van der Waals surface area contributed by atoms with Crippen molar-refractivity contribution in [2.75, 3.05) is 6.26 Å². The first-order valence-electron chi connectivity index (χ1n) is 5.94. The summed E-state index contributed by atoms with van der Waals surface area (Å²) >= 11 is 6.01. The number of carbonyl (C=O) groups excluding carboxylic acids is 1. The van der Waals surface area contributed by atoms with Crippen LogP contribution in [0.1, 0.15) is 15.9 Å². The van der Waals surface area contributed by atoms with Gasteiger partial charge in [0.1, 0.15) is 0 Å². The Hall–Kier alpha value is -1.65. The molecule has 20 heavy (non-hydrogen) atoms. The van der Waals surface area contributed by atoms with E-state index in [-0.39, 0.29) is 17.1 Å². The van der Waals surface area contributed by atoms with Gasteiger partial charge in [-0.05, 0) is 23.8 Å². The fraction of sp³-hybridized carbons (Fsp3) is 0.133. The van der Waals surface area contributed by atoms with Crippen LogP contribution in [-0.4, -0.2) is 20.5 Å². The van der Waals surface area contributed by atoms with Gasteiger partial charge in [0.25, 0.3) is 0 Å². The first kappa shape index (κ1) is 14.8. The van der Waals surface area contributed by atoms with Crippen molar-refractivity contribution in [1.29, 1.82) is 0 Å². The van der Waals surface area contributed by atoms with Crippen molar-refractivity contribution in [2.45, 2.75) is 11.3 Å². The molecule has 0 fully saturated rings. The number of sulfone groups is 1. The minimum Gasteiger partial charge on any atom is -0.294 e. The lowest BCUT2D eigenvalue weighted by molar-refractivity contribution is 0.0993. The maximum absolute atomic E-state index is 12.1. The Morgan fingerprint density at radius 3 is 2.20 bits per heavy atom. The van der Waals surface area contributed by atoms with E-state index < -0.39 is 9.84 Å². The lowest BCUT2D eigenvalue weighted by Gasteiger charge is -2.04. The van der Waals surface area contributed by atoms with Crippen LogP contribution >= 0.6 is 11.6 Å². The number of ketones is 1. The normalized spacial score (nSPS) is 11.3. The van der Waals surface area contributed by atoms with Crippen LogP contribution in [0, 0.1) is 0 Å². The summed E-state index contributed by atoms with van der Waals surface area (Å²) in [5, 5.41) is 0.550. The van der Waals surface area contributed by atoms with Crippen LogP contribution < -0.4 is 0 Å². The van der Waals surface area contributed by atoms with E-state index in [9.17, 15) is 13.2 Å². The lowest BCUT2D eigenvalue weighted by Crippen LogP contribution is -2.05. The summed E-state index contributed by atoms with van der Waals surface area (Å²) in [6.07, 6.45) is 1.32. The SMILES string of the molecule is CS(=O)(=O)c1ccc(C(=O)Cc2ccccc2Cl)cc1. The number of hydrogen-bond acceptors (Lipinski definition) is 3. The molecule has 2 aromatic carbocycles. The van der Waals surface area contributed by atoms with Crippen molar-refractivity contribution in [3.05, 3.63) is 64.7 Å². The molecule has 0 aromatic heterocycles. The molecule has 0 aliphatic heterocycles. The summed E-state index contributed by atoms with van der Waals surface area (Å²) in [6, 6.07) is 13.1. The minimum atomic E-state index is -3.24. The van der Waals surface area contributed by atoms with Crippen LogP contribution in [0.2, 0.25) is 5.02 Å². The minimum absolute atomic E-state index is 0.0989. The standard InChI is InChI=1S/C15H13ClO3S/c1-20(18,19)13-8-6-11(7-9-13)15(17)10-12-4-2-3-5-14(12)16/h2-9H,10H2,1H3. The van der Waals surface area contributed by atoms with E-state index in [4.69, 9.17) is 11.6 Å². The number of benzene rings is 2. The van der Waals surface area contributed by atoms with E-state index in [0.717, 1.165) is 11.8 Å². The number of rotatable bonds is 4. The molecule has 0 bridgehead atoms. The predicted molar refractivity (Wildman–Crippen MR) is 79.0 cm³/mol.